The zero-order valence-corrected chi connectivity index (χ0v) is 18.0. The Morgan fingerprint density at radius 1 is 0.800 bits per heavy atom. The van der Waals surface area contributed by atoms with Gasteiger partial charge in [-0.05, 0) is 0 Å². The molecule has 0 aliphatic heterocycles. The molecule has 4 N–H and O–H groups in total. The molecular weight excluding hydrogens is 335 g/mol. The molecule has 10 heavy (non-hydrogen) atoms. The first-order chi connectivity index (χ1) is 2.00. The topological polar surface area (TPSA) is 149 Å². The van der Waals surface area contributed by atoms with Crippen LogP contribution in [0.25, 0.3) is 0 Å². The van der Waals surface area contributed by atoms with Crippen LogP contribution in [0.5, 0.6) is 0 Å². The zero-order chi connectivity index (χ0) is 4.50. The molecule has 0 rings (SSSR count). The molecular formula is H4K3O6Sb. The molecule has 0 spiro atoms. The fraction of sp³-hybridized carbons (Fsp3) is 0. The number of hydrogen-bond donors (Lipinski definition) is 0. The van der Waals surface area contributed by atoms with Gasteiger partial charge in [-0.1, -0.05) is 0 Å². The van der Waals surface area contributed by atoms with Crippen molar-refractivity contribution in [1.29, 1.82) is 0 Å². The normalized spacial score (nSPS) is 5.90. The molecule has 0 atom stereocenters. The summed E-state index contributed by atoms with van der Waals surface area (Å²) < 4.78 is 34.6. The molecule has 0 unspecified atom stereocenters. The third-order valence-electron chi connectivity index (χ3n) is 0. The van der Waals surface area contributed by atoms with Crippen LogP contribution in [-0.4, -0.2) is 31.0 Å². The van der Waals surface area contributed by atoms with Crippen LogP contribution in [0.4, 0.5) is 0 Å². The molecule has 0 fully saturated rings. The summed E-state index contributed by atoms with van der Waals surface area (Å²) in [6, 6.07) is 0. The van der Waals surface area contributed by atoms with E-state index < -0.39 is 20.1 Å². The van der Waals surface area contributed by atoms with Gasteiger partial charge in [0.1, 0.15) is 0 Å². The number of hydrogen-bond acceptors (Lipinski definition) is 4. The molecule has 0 aromatic carbocycles. The Balaban J connectivity index is -0.00000000800. The summed E-state index contributed by atoms with van der Waals surface area (Å²) in [6.07, 6.45) is 0. The molecule has 0 aliphatic rings. The van der Waals surface area contributed by atoms with Crippen molar-refractivity contribution in [2.75, 3.05) is 0 Å². The molecule has 0 radical (unpaired) electrons. The average molecular weight is 339 g/mol. The van der Waals surface area contributed by atoms with Crippen molar-refractivity contribution in [3.05, 3.63) is 0 Å². The van der Waals surface area contributed by atoms with Gasteiger partial charge in [-0.3, -0.25) is 0 Å². The van der Waals surface area contributed by atoms with Crippen molar-refractivity contribution in [2.24, 2.45) is 0 Å². The van der Waals surface area contributed by atoms with E-state index in [9.17, 15) is 0 Å². The van der Waals surface area contributed by atoms with Gasteiger partial charge in [0.25, 0.3) is 0 Å². The molecule has 48 valence electrons. The van der Waals surface area contributed by atoms with Gasteiger partial charge in [0.05, 0.1) is 0 Å². The molecule has 0 aromatic rings. The molecule has 0 bridgehead atoms. The van der Waals surface area contributed by atoms with Crippen molar-refractivity contribution in [3.8, 4) is 0 Å². The van der Waals surface area contributed by atoms with Crippen LogP contribution < -0.4 is 164 Å². The van der Waals surface area contributed by atoms with Crippen molar-refractivity contribution in [2.45, 2.75) is 0 Å². The van der Waals surface area contributed by atoms with E-state index in [1.165, 1.54) is 0 Å². The van der Waals surface area contributed by atoms with Crippen LogP contribution in [-0.2, 0) is 3.02 Å². The first kappa shape index (κ1) is 36.2. The van der Waals surface area contributed by atoms with Crippen LogP contribution >= 0.6 is 0 Å². The van der Waals surface area contributed by atoms with Crippen molar-refractivity contribution >= 4 is 20.1 Å². The van der Waals surface area contributed by atoms with Gasteiger partial charge < -0.3 is 11.0 Å². The van der Waals surface area contributed by atoms with E-state index in [0.717, 1.165) is 0 Å². The van der Waals surface area contributed by atoms with E-state index in [1.54, 1.807) is 0 Å². The Kier molecular flexibility index (Phi) is 71.7. The summed E-state index contributed by atoms with van der Waals surface area (Å²) in [5.74, 6) is 0. The van der Waals surface area contributed by atoms with Gasteiger partial charge in [-0.25, -0.2) is 0 Å². The predicted octanol–water partition coefficient (Wildman–Crippen LogP) is -14.7. The van der Waals surface area contributed by atoms with E-state index >= 15 is 0 Å². The van der Waals surface area contributed by atoms with Crippen LogP contribution in [0, 0.1) is 0 Å². The van der Waals surface area contributed by atoms with Gasteiger partial charge in [0.2, 0.25) is 0 Å². The second-order valence-corrected chi connectivity index (χ2v) is 3.00. The maximum atomic E-state index is 8.64. The van der Waals surface area contributed by atoms with Crippen LogP contribution in [0.2, 0.25) is 0 Å². The molecule has 0 amide bonds. The Labute approximate surface area is 191 Å². The summed E-state index contributed by atoms with van der Waals surface area (Å²) >= 11 is -6.10. The predicted molar refractivity (Wildman–Crippen MR) is 13.7 cm³/mol. The number of rotatable bonds is 0. The summed E-state index contributed by atoms with van der Waals surface area (Å²) in [7, 11) is 0. The van der Waals surface area contributed by atoms with Gasteiger partial charge in [-0.15, -0.1) is 0 Å². The fourth-order valence-corrected chi connectivity index (χ4v) is 0. The SMILES string of the molecule is O.O.[K+].[K+].[K+].[O]=[Sb]([O-])([O-])[O-]. The van der Waals surface area contributed by atoms with Crippen LogP contribution in [0.1, 0.15) is 0 Å². The van der Waals surface area contributed by atoms with E-state index in [4.69, 9.17) is 13.2 Å². The van der Waals surface area contributed by atoms with Gasteiger partial charge in [0.15, 0.2) is 0 Å². The minimum atomic E-state index is -6.10. The molecule has 10 heteroatoms. The molecule has 0 saturated carbocycles. The molecule has 0 aliphatic carbocycles. The third kappa shape index (κ3) is 71.4. The second-order valence-electron chi connectivity index (χ2n) is 0.447. The Bertz CT molecular complexity index is 59.1. The first-order valence-corrected chi connectivity index (χ1v) is 4.90. The Morgan fingerprint density at radius 2 is 0.800 bits per heavy atom. The third-order valence-corrected chi connectivity index (χ3v) is 0. The average Bonchev–Trinajstić information content (AvgIpc) is 0.722. The first-order valence-electron chi connectivity index (χ1n) is 0.730. The molecule has 0 saturated heterocycles. The standard InChI is InChI=1S/3K.2H2O.4O.Sb/h;;;2*1H2;;;;;/q3*+1;;;;3*-1;. The van der Waals surface area contributed by atoms with Crippen molar-refractivity contribution < 1.29 is 178 Å². The van der Waals surface area contributed by atoms with Crippen LogP contribution in [0.3, 0.4) is 0 Å². The summed E-state index contributed by atoms with van der Waals surface area (Å²) in [5.41, 5.74) is 0. The summed E-state index contributed by atoms with van der Waals surface area (Å²) in [6.45, 7) is 0. The summed E-state index contributed by atoms with van der Waals surface area (Å²) in [4.78, 5) is 0. The molecule has 0 heterocycles. The van der Waals surface area contributed by atoms with Crippen molar-refractivity contribution in [3.63, 3.8) is 0 Å². The Hall–Kier alpha value is 5.33. The molecule has 6 nitrogen and oxygen atoms in total. The van der Waals surface area contributed by atoms with Gasteiger partial charge in [0, 0.05) is 0 Å². The maximum absolute atomic E-state index is 8.64. The minimum absolute atomic E-state index is 0. The van der Waals surface area contributed by atoms with E-state index in [-0.39, 0.29) is 165 Å². The zero-order valence-electron chi connectivity index (χ0n) is 6.08. The second kappa shape index (κ2) is 19.8. The summed E-state index contributed by atoms with van der Waals surface area (Å²) in [5, 5.41) is 0. The van der Waals surface area contributed by atoms with Crippen molar-refractivity contribution in [1.82, 2.24) is 0 Å². The Morgan fingerprint density at radius 3 is 0.800 bits per heavy atom. The van der Waals surface area contributed by atoms with Gasteiger partial charge in [-0.2, -0.15) is 0 Å². The van der Waals surface area contributed by atoms with Crippen LogP contribution in [0.15, 0.2) is 0 Å². The van der Waals surface area contributed by atoms with E-state index in [0.29, 0.717) is 0 Å². The van der Waals surface area contributed by atoms with Gasteiger partial charge >= 0.3 is 187 Å². The fourth-order valence-electron chi connectivity index (χ4n) is 0. The molecule has 0 aromatic heterocycles. The van der Waals surface area contributed by atoms with E-state index in [1.807, 2.05) is 0 Å². The monoisotopic (exact) mass is 338 g/mol. The quantitative estimate of drug-likeness (QED) is 0.403. The van der Waals surface area contributed by atoms with E-state index in [2.05, 4.69) is 0 Å².